The number of nitrogens with two attached hydrogens (primary N) is 1. The minimum Gasteiger partial charge on any atom is -0.382 e. The molecule has 4 aromatic heterocycles. The van der Waals surface area contributed by atoms with Gasteiger partial charge in [0.05, 0.1) is 0 Å². The number of benzene rings is 2. The summed E-state index contributed by atoms with van der Waals surface area (Å²) in [6.07, 6.45) is 5.60. The second kappa shape index (κ2) is 17.0. The number of aromatic amines is 2. The first-order chi connectivity index (χ1) is 24.8. The minimum atomic E-state index is -3.64. The van der Waals surface area contributed by atoms with Gasteiger partial charge in [-0.1, -0.05) is 23.7 Å². The molecule has 0 aliphatic rings. The zero-order valence-electron chi connectivity index (χ0n) is 29.5. The fourth-order valence-corrected chi connectivity index (χ4v) is 6.22. The Labute approximate surface area is 310 Å². The van der Waals surface area contributed by atoms with Crippen LogP contribution < -0.4 is 11.1 Å². The first-order valence-corrected chi connectivity index (χ1v) is 19.8. The molecular formula is C34H37ClF2N10O4S2. The molecule has 0 fully saturated rings. The van der Waals surface area contributed by atoms with Crippen LogP contribution in [0.4, 0.5) is 26.2 Å². The van der Waals surface area contributed by atoms with Crippen LogP contribution in [-0.4, -0.2) is 69.7 Å². The molecule has 53 heavy (non-hydrogen) atoms. The Bertz CT molecular complexity index is 2440. The molecule has 0 amide bonds. The summed E-state index contributed by atoms with van der Waals surface area (Å²) < 4.78 is 73.3. The Morgan fingerprint density at radius 3 is 1.62 bits per heavy atom. The second-order valence-corrected chi connectivity index (χ2v) is 16.2. The molecule has 0 saturated heterocycles. The zero-order chi connectivity index (χ0) is 39.1. The van der Waals surface area contributed by atoms with E-state index in [-0.39, 0.29) is 22.6 Å². The summed E-state index contributed by atoms with van der Waals surface area (Å²) in [5, 5.41) is 17.0. The standard InChI is InChI=1S/C17H18FN5O2S.C12H10ClFN2O2S.C5H9N3/c1-10-11(2)22-23-17(10)21-15-6-7-19-16(20-15)9-12-4-5-13(18)14(8-12)26(3,24)25;1-19(17,18)10-6-8(2-3-9(10)14)7-12-15-5-4-11(13)16-12;1-3-4(2)7-8-5(3)6/h4-8H,9H2,1-3H3,(H2,19,20,21,22,23);2-6H,7H2,1H3;1-2H3,(H3,6,7,8). The van der Waals surface area contributed by atoms with Crippen LogP contribution in [0.2, 0.25) is 5.15 Å². The number of aryl methyl sites for hydroxylation is 2. The minimum absolute atomic E-state index is 0.275. The third-order valence-corrected chi connectivity index (χ3v) is 10.1. The first-order valence-electron chi connectivity index (χ1n) is 15.6. The number of nitrogen functional groups attached to an aromatic ring is 1. The number of halogens is 3. The van der Waals surface area contributed by atoms with E-state index in [9.17, 15) is 25.6 Å². The third kappa shape index (κ3) is 11.3. The van der Waals surface area contributed by atoms with Gasteiger partial charge in [-0.3, -0.25) is 10.2 Å². The summed E-state index contributed by atoms with van der Waals surface area (Å²) in [6.45, 7) is 7.74. The molecule has 0 atom stereocenters. The van der Waals surface area contributed by atoms with E-state index in [1.165, 1.54) is 36.5 Å². The van der Waals surface area contributed by atoms with E-state index in [1.807, 2.05) is 27.7 Å². The van der Waals surface area contributed by atoms with E-state index < -0.39 is 31.3 Å². The van der Waals surface area contributed by atoms with Crippen LogP contribution in [0.3, 0.4) is 0 Å². The molecular weight excluding hydrogens is 750 g/mol. The number of nitrogens with one attached hydrogen (secondary N) is 3. The van der Waals surface area contributed by atoms with Crippen molar-refractivity contribution in [2.24, 2.45) is 0 Å². The van der Waals surface area contributed by atoms with Crippen LogP contribution in [0.25, 0.3) is 0 Å². The maximum absolute atomic E-state index is 13.7. The van der Waals surface area contributed by atoms with Crippen LogP contribution >= 0.6 is 11.6 Å². The Morgan fingerprint density at radius 2 is 1.21 bits per heavy atom. The van der Waals surface area contributed by atoms with Crippen molar-refractivity contribution >= 4 is 48.7 Å². The van der Waals surface area contributed by atoms with E-state index in [1.54, 1.807) is 12.3 Å². The van der Waals surface area contributed by atoms with E-state index in [0.29, 0.717) is 45.4 Å². The highest BCUT2D eigenvalue weighted by Gasteiger charge is 2.16. The molecule has 19 heteroatoms. The molecule has 0 saturated carbocycles. The zero-order valence-corrected chi connectivity index (χ0v) is 31.9. The maximum atomic E-state index is 13.7. The fraction of sp³-hybridized carbons (Fsp3) is 0.235. The summed E-state index contributed by atoms with van der Waals surface area (Å²) in [6, 6.07) is 11.1. The van der Waals surface area contributed by atoms with E-state index in [4.69, 9.17) is 17.3 Å². The lowest BCUT2D eigenvalue weighted by Crippen LogP contribution is -2.04. The van der Waals surface area contributed by atoms with Crippen molar-refractivity contribution in [3.8, 4) is 0 Å². The van der Waals surface area contributed by atoms with E-state index in [2.05, 4.69) is 45.6 Å². The number of anilines is 3. The van der Waals surface area contributed by atoms with Crippen LogP contribution in [0.15, 0.2) is 70.7 Å². The molecule has 0 aliphatic heterocycles. The van der Waals surface area contributed by atoms with Gasteiger partial charge in [0.2, 0.25) is 0 Å². The Balaban J connectivity index is 0.000000202. The maximum Gasteiger partial charge on any atom is 0.178 e. The van der Waals surface area contributed by atoms with Crippen molar-refractivity contribution in [1.29, 1.82) is 0 Å². The molecule has 5 N–H and O–H groups in total. The normalized spacial score (nSPS) is 11.3. The van der Waals surface area contributed by atoms with Crippen molar-refractivity contribution in [3.05, 3.63) is 123 Å². The highest BCUT2D eigenvalue weighted by Crippen LogP contribution is 2.21. The number of sulfone groups is 2. The van der Waals surface area contributed by atoms with Gasteiger partial charge >= 0.3 is 0 Å². The lowest BCUT2D eigenvalue weighted by Gasteiger charge is -2.07. The van der Waals surface area contributed by atoms with Crippen LogP contribution in [0, 0.1) is 39.3 Å². The number of aromatic nitrogens is 8. The van der Waals surface area contributed by atoms with Crippen LogP contribution in [-0.2, 0) is 32.5 Å². The molecule has 4 heterocycles. The number of hydrogen-bond acceptors (Lipinski definition) is 12. The van der Waals surface area contributed by atoms with Gasteiger partial charge in [-0.2, -0.15) is 10.2 Å². The Morgan fingerprint density at radius 1 is 0.717 bits per heavy atom. The summed E-state index contributed by atoms with van der Waals surface area (Å²) in [4.78, 5) is 16.0. The Kier molecular flexibility index (Phi) is 13.0. The van der Waals surface area contributed by atoms with Crippen LogP contribution in [0.1, 0.15) is 45.3 Å². The number of nitrogens with zero attached hydrogens (tertiary/aromatic N) is 6. The van der Waals surface area contributed by atoms with Gasteiger partial charge in [0.25, 0.3) is 0 Å². The molecule has 0 spiro atoms. The van der Waals surface area contributed by atoms with Crippen molar-refractivity contribution in [2.75, 3.05) is 23.6 Å². The highest BCUT2D eigenvalue weighted by atomic mass is 35.5. The molecule has 14 nitrogen and oxygen atoms in total. The van der Waals surface area contributed by atoms with Gasteiger partial charge in [0.1, 0.15) is 49.9 Å². The molecule has 6 aromatic rings. The SMILES string of the molecule is CS(=O)(=O)c1cc(Cc2nccc(Cl)n2)ccc1F.Cc1[nH]nc(N)c1C.Cc1[nH]nc(Nc2ccnc(Cc3ccc(F)c(S(C)(=O)=O)c3)n2)c1C. The predicted molar refractivity (Wildman–Crippen MR) is 198 cm³/mol. The molecule has 0 unspecified atom stereocenters. The number of H-pyrrole nitrogens is 2. The van der Waals surface area contributed by atoms with Gasteiger partial charge in [-0.05, 0) is 75.2 Å². The summed E-state index contributed by atoms with van der Waals surface area (Å²) in [5.74, 6) is 1.23. The smallest absolute Gasteiger partial charge is 0.178 e. The van der Waals surface area contributed by atoms with E-state index >= 15 is 0 Å². The van der Waals surface area contributed by atoms with Crippen molar-refractivity contribution < 1.29 is 25.6 Å². The lowest BCUT2D eigenvalue weighted by molar-refractivity contribution is 0.568. The average Bonchev–Trinajstić information content (AvgIpc) is 3.56. The van der Waals surface area contributed by atoms with Gasteiger partial charge in [-0.15, -0.1) is 0 Å². The Hall–Kier alpha value is -5.33. The van der Waals surface area contributed by atoms with Crippen molar-refractivity contribution in [3.63, 3.8) is 0 Å². The molecule has 2 aromatic carbocycles. The first kappa shape index (κ1) is 40.4. The summed E-state index contributed by atoms with van der Waals surface area (Å²) >= 11 is 5.73. The second-order valence-electron chi connectivity index (χ2n) is 11.9. The summed E-state index contributed by atoms with van der Waals surface area (Å²) in [5.41, 5.74) is 10.6. The average molecular weight is 787 g/mol. The largest absolute Gasteiger partial charge is 0.382 e. The molecule has 0 radical (unpaired) electrons. The monoisotopic (exact) mass is 786 g/mol. The molecule has 280 valence electrons. The highest BCUT2D eigenvalue weighted by molar-refractivity contribution is 7.91. The van der Waals surface area contributed by atoms with Gasteiger partial charge in [0.15, 0.2) is 25.5 Å². The molecule has 0 bridgehead atoms. The van der Waals surface area contributed by atoms with Crippen molar-refractivity contribution in [2.45, 2.75) is 50.3 Å². The van der Waals surface area contributed by atoms with Crippen molar-refractivity contribution in [1.82, 2.24) is 40.3 Å². The quantitative estimate of drug-likeness (QED) is 0.140. The van der Waals surface area contributed by atoms with E-state index in [0.717, 1.165) is 47.2 Å². The topological polar surface area (TPSA) is 215 Å². The summed E-state index contributed by atoms with van der Waals surface area (Å²) in [7, 11) is -7.24. The molecule has 6 rings (SSSR count). The fourth-order valence-electron chi connectivity index (χ4n) is 4.49. The number of rotatable bonds is 8. The van der Waals surface area contributed by atoms with Gasteiger partial charge < -0.3 is 11.1 Å². The lowest BCUT2D eigenvalue weighted by atomic mass is 10.1. The van der Waals surface area contributed by atoms with Gasteiger partial charge in [-0.25, -0.2) is 45.6 Å². The number of hydrogen-bond donors (Lipinski definition) is 4. The predicted octanol–water partition coefficient (Wildman–Crippen LogP) is 5.57. The molecule has 0 aliphatic carbocycles. The van der Waals surface area contributed by atoms with Gasteiger partial charge in [0, 0.05) is 60.3 Å². The third-order valence-electron chi connectivity index (χ3n) is 7.68. The van der Waals surface area contributed by atoms with Crippen LogP contribution in [0.5, 0.6) is 0 Å².